The Morgan fingerprint density at radius 1 is 1.08 bits per heavy atom. The van der Waals surface area contributed by atoms with Crippen molar-refractivity contribution in [2.75, 3.05) is 5.32 Å². The fourth-order valence-electron chi connectivity index (χ4n) is 3.22. The number of nitrogens with zero attached hydrogens (tertiary/aromatic N) is 1. The van der Waals surface area contributed by atoms with Crippen molar-refractivity contribution in [3.8, 4) is 0 Å². The van der Waals surface area contributed by atoms with Crippen LogP contribution in [0.5, 0.6) is 0 Å². The van der Waals surface area contributed by atoms with Crippen LogP contribution in [0, 0.1) is 0 Å². The van der Waals surface area contributed by atoms with Gasteiger partial charge in [0.2, 0.25) is 5.91 Å². The van der Waals surface area contributed by atoms with Gasteiger partial charge in [0.15, 0.2) is 0 Å². The van der Waals surface area contributed by atoms with Crippen LogP contribution in [0.3, 0.4) is 0 Å². The number of carbonyl (C=O) groups excluding carboxylic acids is 1. The molecule has 0 radical (unpaired) electrons. The van der Waals surface area contributed by atoms with E-state index in [1.165, 1.54) is 0 Å². The molecular weight excluding hydrogens is 324 g/mol. The smallest absolute Gasteiger partial charge is 0.231 e. The molecule has 4 rings (SSSR count). The zero-order chi connectivity index (χ0) is 18.3. The summed E-state index contributed by atoms with van der Waals surface area (Å²) in [7, 11) is 0. The number of rotatable bonds is 4. The van der Waals surface area contributed by atoms with Gasteiger partial charge in [-0.15, -0.1) is 0 Å². The highest BCUT2D eigenvalue weighted by Gasteiger charge is 2.19. The van der Waals surface area contributed by atoms with E-state index in [1.54, 1.807) is 0 Å². The van der Waals surface area contributed by atoms with Crippen molar-refractivity contribution in [3.63, 3.8) is 0 Å². The highest BCUT2D eigenvalue weighted by Crippen LogP contribution is 2.27. The number of benzene rings is 2. The van der Waals surface area contributed by atoms with Crippen molar-refractivity contribution in [3.05, 3.63) is 60.0 Å². The Kier molecular flexibility index (Phi) is 3.99. The van der Waals surface area contributed by atoms with Crippen molar-refractivity contribution < 1.29 is 4.79 Å². The van der Waals surface area contributed by atoms with E-state index >= 15 is 0 Å². The third-order valence-corrected chi connectivity index (χ3v) is 4.80. The molecular formula is C21H22N4O. The van der Waals surface area contributed by atoms with Crippen LogP contribution in [0.4, 0.5) is 5.69 Å². The molecule has 0 aliphatic carbocycles. The average molecular weight is 346 g/mol. The normalized spacial score (nSPS) is 12.8. The second-order valence-electron chi connectivity index (χ2n) is 7.01. The molecule has 132 valence electrons. The lowest BCUT2D eigenvalue weighted by Gasteiger charge is -2.12. The number of H-pyrrole nitrogens is 2. The number of imidazole rings is 1. The number of amides is 1. The Bertz CT molecular complexity index is 1090. The molecule has 2 heterocycles. The summed E-state index contributed by atoms with van der Waals surface area (Å²) >= 11 is 0. The summed E-state index contributed by atoms with van der Waals surface area (Å²) in [6.07, 6.45) is 1.92. The van der Waals surface area contributed by atoms with Gasteiger partial charge in [-0.1, -0.05) is 32.0 Å². The van der Waals surface area contributed by atoms with Crippen LogP contribution < -0.4 is 5.32 Å². The first-order chi connectivity index (χ1) is 12.5. The third-order valence-electron chi connectivity index (χ3n) is 4.80. The maximum Gasteiger partial charge on any atom is 0.231 e. The number of aromatic nitrogens is 3. The fourth-order valence-corrected chi connectivity index (χ4v) is 3.22. The Morgan fingerprint density at radius 3 is 2.69 bits per heavy atom. The highest BCUT2D eigenvalue weighted by atomic mass is 16.1. The zero-order valence-electron chi connectivity index (χ0n) is 15.1. The van der Waals surface area contributed by atoms with Gasteiger partial charge in [0.05, 0.1) is 17.0 Å². The number of hydrogen-bond donors (Lipinski definition) is 3. The van der Waals surface area contributed by atoms with Gasteiger partial charge in [-0.3, -0.25) is 4.79 Å². The molecule has 26 heavy (non-hydrogen) atoms. The number of para-hydroxylation sites is 1. The van der Waals surface area contributed by atoms with Crippen molar-refractivity contribution in [1.29, 1.82) is 0 Å². The van der Waals surface area contributed by atoms with Gasteiger partial charge in [-0.05, 0) is 36.8 Å². The lowest BCUT2D eigenvalue weighted by atomic mass is 9.99. The predicted octanol–water partition coefficient (Wildman–Crippen LogP) is 4.91. The first kappa shape index (κ1) is 16.4. The molecule has 1 atom stereocenters. The van der Waals surface area contributed by atoms with E-state index in [9.17, 15) is 4.79 Å². The van der Waals surface area contributed by atoms with Crippen molar-refractivity contribution >= 4 is 33.5 Å². The first-order valence-corrected chi connectivity index (χ1v) is 8.89. The monoisotopic (exact) mass is 346 g/mol. The maximum atomic E-state index is 12.8. The molecule has 5 heteroatoms. The Hall–Kier alpha value is -3.08. The number of hydrogen-bond acceptors (Lipinski definition) is 2. The molecule has 5 nitrogen and oxygen atoms in total. The summed E-state index contributed by atoms with van der Waals surface area (Å²) < 4.78 is 0. The highest BCUT2D eigenvalue weighted by molar-refractivity contribution is 5.99. The summed E-state index contributed by atoms with van der Waals surface area (Å²) in [5, 5.41) is 4.11. The SMILES string of the molecule is CC(C)c1nc2ccc(NC(=O)C(C)c3c[nH]c4ccccc34)cc2[nH]1. The van der Waals surface area contributed by atoms with Crippen LogP contribution in [0.2, 0.25) is 0 Å². The number of aromatic amines is 2. The lowest BCUT2D eigenvalue weighted by Crippen LogP contribution is -2.18. The summed E-state index contributed by atoms with van der Waals surface area (Å²) in [4.78, 5) is 23.9. The van der Waals surface area contributed by atoms with Crippen molar-refractivity contribution in [1.82, 2.24) is 15.0 Å². The molecule has 3 N–H and O–H groups in total. The zero-order valence-corrected chi connectivity index (χ0v) is 15.1. The van der Waals surface area contributed by atoms with E-state index in [0.29, 0.717) is 5.92 Å². The van der Waals surface area contributed by atoms with Gasteiger partial charge in [0, 0.05) is 28.7 Å². The lowest BCUT2D eigenvalue weighted by molar-refractivity contribution is -0.117. The molecule has 4 aromatic rings. The summed E-state index contributed by atoms with van der Waals surface area (Å²) in [6, 6.07) is 13.8. The molecule has 1 unspecified atom stereocenters. The Morgan fingerprint density at radius 2 is 1.88 bits per heavy atom. The average Bonchev–Trinajstić information content (AvgIpc) is 3.24. The minimum Gasteiger partial charge on any atom is -0.361 e. The first-order valence-electron chi connectivity index (χ1n) is 8.89. The van der Waals surface area contributed by atoms with Gasteiger partial charge < -0.3 is 15.3 Å². The summed E-state index contributed by atoms with van der Waals surface area (Å²) in [6.45, 7) is 6.13. The van der Waals surface area contributed by atoms with Gasteiger partial charge in [-0.2, -0.15) is 0 Å². The maximum absolute atomic E-state index is 12.8. The van der Waals surface area contributed by atoms with Gasteiger partial charge in [0.1, 0.15) is 5.82 Å². The topological polar surface area (TPSA) is 73.6 Å². The van der Waals surface area contributed by atoms with E-state index in [4.69, 9.17) is 0 Å². The van der Waals surface area contributed by atoms with Crippen LogP contribution in [0.15, 0.2) is 48.7 Å². The van der Waals surface area contributed by atoms with E-state index in [-0.39, 0.29) is 11.8 Å². The standard InChI is InChI=1S/C21H22N4O/c1-12(2)20-24-18-9-8-14(10-19(18)25-20)23-21(26)13(3)16-11-22-17-7-5-4-6-15(16)17/h4-13,22H,1-3H3,(H,23,26)(H,24,25). The molecule has 0 spiro atoms. The van der Waals surface area contributed by atoms with Gasteiger partial charge in [0.25, 0.3) is 0 Å². The van der Waals surface area contributed by atoms with Crippen molar-refractivity contribution in [2.45, 2.75) is 32.6 Å². The third kappa shape index (κ3) is 2.86. The molecule has 0 bridgehead atoms. The molecule has 2 aromatic heterocycles. The fraction of sp³-hybridized carbons (Fsp3) is 0.238. The minimum absolute atomic E-state index is 0.0299. The molecule has 2 aromatic carbocycles. The molecule has 1 amide bonds. The van der Waals surface area contributed by atoms with E-state index in [1.807, 2.05) is 55.6 Å². The number of carbonyl (C=O) groups is 1. The van der Waals surface area contributed by atoms with Crippen LogP contribution in [-0.4, -0.2) is 20.9 Å². The van der Waals surface area contributed by atoms with E-state index < -0.39 is 0 Å². The summed E-state index contributed by atoms with van der Waals surface area (Å²) in [5.41, 5.74) is 4.67. The largest absolute Gasteiger partial charge is 0.361 e. The summed E-state index contributed by atoms with van der Waals surface area (Å²) in [5.74, 6) is 1.01. The molecule has 0 fully saturated rings. The minimum atomic E-state index is -0.255. The second kappa shape index (κ2) is 6.33. The van der Waals surface area contributed by atoms with E-state index in [0.717, 1.165) is 39.0 Å². The number of fused-ring (bicyclic) bond motifs is 2. The molecule has 0 saturated heterocycles. The van der Waals surface area contributed by atoms with Crippen molar-refractivity contribution in [2.24, 2.45) is 0 Å². The number of anilines is 1. The molecule has 0 aliphatic heterocycles. The Balaban J connectivity index is 1.58. The molecule has 0 saturated carbocycles. The predicted molar refractivity (Wildman–Crippen MR) is 106 cm³/mol. The van der Waals surface area contributed by atoms with Crippen LogP contribution >= 0.6 is 0 Å². The second-order valence-corrected chi connectivity index (χ2v) is 7.01. The van der Waals surface area contributed by atoms with Gasteiger partial charge >= 0.3 is 0 Å². The Labute approximate surface area is 151 Å². The van der Waals surface area contributed by atoms with Crippen LogP contribution in [0.25, 0.3) is 21.9 Å². The van der Waals surface area contributed by atoms with Crippen LogP contribution in [0.1, 0.15) is 44.0 Å². The van der Waals surface area contributed by atoms with Crippen LogP contribution in [-0.2, 0) is 4.79 Å². The quantitative estimate of drug-likeness (QED) is 0.491. The van der Waals surface area contributed by atoms with E-state index in [2.05, 4.69) is 34.1 Å². The number of nitrogens with one attached hydrogen (secondary N) is 3. The van der Waals surface area contributed by atoms with Gasteiger partial charge in [-0.25, -0.2) is 4.98 Å². The molecule has 0 aliphatic rings.